The summed E-state index contributed by atoms with van der Waals surface area (Å²) in [6.07, 6.45) is 8.09. The van der Waals surface area contributed by atoms with E-state index in [-0.39, 0.29) is 16.6 Å². The highest BCUT2D eigenvalue weighted by atomic mass is 35.5. The molecule has 4 rings (SSSR count). The van der Waals surface area contributed by atoms with E-state index in [0.29, 0.717) is 35.2 Å². The molecule has 184 valence electrons. The minimum atomic E-state index is -3.68. The minimum absolute atomic E-state index is 0.108. The Kier molecular flexibility index (Phi) is 8.22. The number of carbonyl (C=O) groups excluding carboxylic acids is 1. The van der Waals surface area contributed by atoms with Crippen LogP contribution >= 0.6 is 22.9 Å². The number of hydrogen-bond acceptors (Lipinski definition) is 6. The van der Waals surface area contributed by atoms with Gasteiger partial charge in [0.25, 0.3) is 0 Å². The molecule has 1 aliphatic rings. The molecule has 35 heavy (non-hydrogen) atoms. The first-order valence-corrected chi connectivity index (χ1v) is 13.8. The molecule has 1 aliphatic heterocycles. The number of ether oxygens (including phenoxy) is 1. The molecule has 0 aliphatic carbocycles. The zero-order chi connectivity index (χ0) is 24.8. The lowest BCUT2D eigenvalue weighted by atomic mass is 10.1. The zero-order valence-electron chi connectivity index (χ0n) is 19.2. The van der Waals surface area contributed by atoms with Gasteiger partial charge in [0.2, 0.25) is 15.9 Å². The maximum atomic E-state index is 13.2. The number of aromatic nitrogens is 1. The van der Waals surface area contributed by atoms with E-state index in [4.69, 9.17) is 16.3 Å². The largest absolute Gasteiger partial charge is 0.495 e. The second-order valence-electron chi connectivity index (χ2n) is 8.13. The van der Waals surface area contributed by atoms with Gasteiger partial charge in [-0.2, -0.15) is 4.31 Å². The van der Waals surface area contributed by atoms with Crippen LogP contribution in [0.3, 0.4) is 0 Å². The van der Waals surface area contributed by atoms with E-state index in [0.717, 1.165) is 29.7 Å². The van der Waals surface area contributed by atoms with Crippen molar-refractivity contribution in [2.24, 2.45) is 0 Å². The van der Waals surface area contributed by atoms with Crippen LogP contribution in [0.1, 0.15) is 35.3 Å². The van der Waals surface area contributed by atoms with Crippen LogP contribution in [-0.4, -0.2) is 43.8 Å². The summed E-state index contributed by atoms with van der Waals surface area (Å²) in [4.78, 5) is 17.8. The van der Waals surface area contributed by atoms with Crippen molar-refractivity contribution in [1.82, 2.24) is 9.29 Å². The molecule has 2 heterocycles. The number of nitrogens with one attached hydrogen (secondary N) is 1. The highest BCUT2D eigenvalue weighted by molar-refractivity contribution is 7.89. The fourth-order valence-corrected chi connectivity index (χ4v) is 6.50. The number of anilines is 1. The second-order valence-corrected chi connectivity index (χ2v) is 11.6. The van der Waals surface area contributed by atoms with E-state index in [9.17, 15) is 13.2 Å². The van der Waals surface area contributed by atoms with Crippen LogP contribution in [0, 0.1) is 0 Å². The van der Waals surface area contributed by atoms with Gasteiger partial charge in [-0.15, -0.1) is 11.3 Å². The zero-order valence-corrected chi connectivity index (χ0v) is 21.6. The molecule has 1 fully saturated rings. The normalized spacial score (nSPS) is 14.8. The van der Waals surface area contributed by atoms with E-state index in [1.165, 1.54) is 28.8 Å². The third-order valence-electron chi connectivity index (χ3n) is 5.62. The summed E-state index contributed by atoms with van der Waals surface area (Å²) in [6.45, 7) is 1.00. The number of hydrogen-bond donors (Lipinski definition) is 1. The standard InChI is InChI=1S/C25H26ClN3O4S2/c1-33-22-11-7-19(16-23(22)35(31,32)29-13-3-2-4-14-29)8-12-24(30)28-25-27-17-21(34-25)15-18-5-9-20(26)10-6-18/h5-12,16-17H,2-4,13-15H2,1H3,(H,27,28,30)/b12-8+. The average Bonchev–Trinajstić information content (AvgIpc) is 3.31. The monoisotopic (exact) mass is 531 g/mol. The third-order valence-corrected chi connectivity index (χ3v) is 8.71. The average molecular weight is 532 g/mol. The van der Waals surface area contributed by atoms with Crippen molar-refractivity contribution in [3.63, 3.8) is 0 Å². The second kappa shape index (κ2) is 11.3. The third kappa shape index (κ3) is 6.49. The van der Waals surface area contributed by atoms with E-state index in [2.05, 4.69) is 10.3 Å². The SMILES string of the molecule is COc1ccc(/C=C/C(=O)Nc2ncc(Cc3ccc(Cl)cc3)s2)cc1S(=O)(=O)N1CCCCC1. The number of piperidine rings is 1. The van der Waals surface area contributed by atoms with Crippen LogP contribution in [0.25, 0.3) is 6.08 Å². The van der Waals surface area contributed by atoms with Gasteiger partial charge in [-0.25, -0.2) is 13.4 Å². The number of thiazole rings is 1. The van der Waals surface area contributed by atoms with Crippen LogP contribution in [0.2, 0.25) is 5.02 Å². The Balaban J connectivity index is 1.43. The van der Waals surface area contributed by atoms with Crippen molar-refractivity contribution in [2.45, 2.75) is 30.6 Å². The first-order valence-electron chi connectivity index (χ1n) is 11.2. The van der Waals surface area contributed by atoms with Crippen molar-refractivity contribution in [3.05, 3.63) is 75.8 Å². The van der Waals surface area contributed by atoms with Crippen molar-refractivity contribution in [1.29, 1.82) is 0 Å². The first kappa shape index (κ1) is 25.4. The summed E-state index contributed by atoms with van der Waals surface area (Å²) in [6, 6.07) is 12.5. The number of methoxy groups -OCH3 is 1. The molecule has 3 aromatic rings. The molecule has 7 nitrogen and oxygen atoms in total. The molecule has 1 saturated heterocycles. The number of rotatable bonds is 8. The Morgan fingerprint density at radius 1 is 1.17 bits per heavy atom. The van der Waals surface area contributed by atoms with Crippen LogP contribution in [0.5, 0.6) is 5.75 Å². The van der Waals surface area contributed by atoms with Gasteiger partial charge >= 0.3 is 0 Å². The van der Waals surface area contributed by atoms with Crippen LogP contribution in [-0.2, 0) is 21.2 Å². The highest BCUT2D eigenvalue weighted by Crippen LogP contribution is 2.30. The summed E-state index contributed by atoms with van der Waals surface area (Å²) in [5.74, 6) is -0.0678. The van der Waals surface area contributed by atoms with Gasteiger partial charge < -0.3 is 4.74 Å². The Morgan fingerprint density at radius 3 is 2.63 bits per heavy atom. The molecule has 0 bridgehead atoms. The molecule has 0 unspecified atom stereocenters. The van der Waals surface area contributed by atoms with E-state index in [1.54, 1.807) is 30.5 Å². The Bertz CT molecular complexity index is 1310. The topological polar surface area (TPSA) is 88.6 Å². The van der Waals surface area contributed by atoms with E-state index in [1.807, 2.05) is 24.3 Å². The lowest BCUT2D eigenvalue weighted by Gasteiger charge is -2.26. The smallest absolute Gasteiger partial charge is 0.250 e. The number of carbonyl (C=O) groups is 1. The van der Waals surface area contributed by atoms with Crippen molar-refractivity contribution in [2.75, 3.05) is 25.5 Å². The van der Waals surface area contributed by atoms with Gasteiger partial charge in [0.05, 0.1) is 7.11 Å². The number of benzene rings is 2. The number of halogens is 1. The van der Waals surface area contributed by atoms with Crippen LogP contribution in [0.15, 0.2) is 59.6 Å². The molecule has 0 spiro atoms. The predicted octanol–water partition coefficient (Wildman–Crippen LogP) is 5.22. The van der Waals surface area contributed by atoms with Gasteiger partial charge in [0.1, 0.15) is 10.6 Å². The van der Waals surface area contributed by atoms with Crippen molar-refractivity contribution < 1.29 is 17.9 Å². The maximum Gasteiger partial charge on any atom is 0.250 e. The molecule has 0 atom stereocenters. The van der Waals surface area contributed by atoms with E-state index >= 15 is 0 Å². The summed E-state index contributed by atoms with van der Waals surface area (Å²) < 4.78 is 33.2. The first-order chi connectivity index (χ1) is 16.8. The summed E-state index contributed by atoms with van der Waals surface area (Å²) in [5.41, 5.74) is 1.68. The van der Waals surface area contributed by atoms with Gasteiger partial charge in [-0.1, -0.05) is 36.2 Å². The maximum absolute atomic E-state index is 13.2. The fraction of sp³-hybridized carbons (Fsp3) is 0.280. The van der Waals surface area contributed by atoms with Crippen LogP contribution in [0.4, 0.5) is 5.13 Å². The Labute approximate surface area is 214 Å². The summed E-state index contributed by atoms with van der Waals surface area (Å²) in [7, 11) is -2.23. The molecule has 0 saturated carbocycles. The van der Waals surface area contributed by atoms with Crippen molar-refractivity contribution >= 4 is 50.1 Å². The number of sulfonamides is 1. The lowest BCUT2D eigenvalue weighted by Crippen LogP contribution is -2.35. The van der Waals surface area contributed by atoms with Gasteiger partial charge in [0.15, 0.2) is 5.13 Å². The number of nitrogens with zero attached hydrogens (tertiary/aromatic N) is 2. The molecule has 10 heteroatoms. The van der Waals surface area contributed by atoms with Gasteiger partial charge in [-0.05, 0) is 54.3 Å². The summed E-state index contributed by atoms with van der Waals surface area (Å²) >= 11 is 7.33. The Hall–Kier alpha value is -2.72. The number of amides is 1. The van der Waals surface area contributed by atoms with Crippen LogP contribution < -0.4 is 10.1 Å². The van der Waals surface area contributed by atoms with Gasteiger partial charge in [0, 0.05) is 41.7 Å². The molecule has 0 radical (unpaired) electrons. The van der Waals surface area contributed by atoms with E-state index < -0.39 is 10.0 Å². The Morgan fingerprint density at radius 2 is 1.91 bits per heavy atom. The molecule has 1 N–H and O–H groups in total. The fourth-order valence-electron chi connectivity index (χ4n) is 3.81. The van der Waals surface area contributed by atoms with Crippen molar-refractivity contribution in [3.8, 4) is 5.75 Å². The molecular formula is C25H26ClN3O4S2. The molecule has 2 aromatic carbocycles. The quantitative estimate of drug-likeness (QED) is 0.402. The molecule has 1 aromatic heterocycles. The summed E-state index contributed by atoms with van der Waals surface area (Å²) in [5, 5.41) is 3.93. The van der Waals surface area contributed by atoms with Gasteiger partial charge in [-0.3, -0.25) is 10.1 Å². The minimum Gasteiger partial charge on any atom is -0.495 e. The molecule has 1 amide bonds. The predicted molar refractivity (Wildman–Crippen MR) is 140 cm³/mol. The highest BCUT2D eigenvalue weighted by Gasteiger charge is 2.29. The lowest BCUT2D eigenvalue weighted by molar-refractivity contribution is -0.111. The molecular weight excluding hydrogens is 506 g/mol.